The van der Waals surface area contributed by atoms with Crippen LogP contribution in [0.5, 0.6) is 0 Å². The van der Waals surface area contributed by atoms with Crippen molar-refractivity contribution < 1.29 is 0 Å². The summed E-state index contributed by atoms with van der Waals surface area (Å²) in [5, 5.41) is 4.23. The van der Waals surface area contributed by atoms with Crippen molar-refractivity contribution in [2.45, 2.75) is 27.2 Å². The predicted octanol–water partition coefficient (Wildman–Crippen LogP) is 4.38. The lowest BCUT2D eigenvalue weighted by molar-refractivity contribution is 0.557. The number of allylic oxidation sites excluding steroid dienone is 1. The summed E-state index contributed by atoms with van der Waals surface area (Å²) in [7, 11) is 0. The minimum absolute atomic E-state index is 0.716. The third-order valence-corrected chi connectivity index (χ3v) is 2.84. The van der Waals surface area contributed by atoms with Gasteiger partial charge in [-0.05, 0) is 55.6 Å². The quantitative estimate of drug-likeness (QED) is 0.740. The average molecular weight is 252 g/mol. The fourth-order valence-corrected chi connectivity index (χ4v) is 1.82. The van der Waals surface area contributed by atoms with E-state index in [1.165, 1.54) is 11.1 Å². The van der Waals surface area contributed by atoms with E-state index in [4.69, 9.17) is 11.6 Å². The molecule has 1 N–H and O–H groups in total. The molecule has 0 heterocycles. The van der Waals surface area contributed by atoms with Crippen LogP contribution >= 0.6 is 11.6 Å². The first-order chi connectivity index (χ1) is 8.09. The Balaban J connectivity index is 2.39. The molecule has 0 aliphatic rings. The van der Waals surface area contributed by atoms with Crippen LogP contribution in [0.4, 0.5) is 0 Å². The van der Waals surface area contributed by atoms with Crippen LogP contribution in [-0.2, 0) is 0 Å². The maximum Gasteiger partial charge on any atom is 0.0412 e. The molecule has 1 rings (SSSR count). The molecule has 0 fully saturated rings. The van der Waals surface area contributed by atoms with Crippen molar-refractivity contribution in [1.82, 2.24) is 5.32 Å². The maximum atomic E-state index is 5.97. The molecule has 1 aromatic carbocycles. The van der Waals surface area contributed by atoms with E-state index < -0.39 is 0 Å². The summed E-state index contributed by atoms with van der Waals surface area (Å²) in [4.78, 5) is 0. The normalized spacial score (nSPS) is 12.2. The van der Waals surface area contributed by atoms with Crippen molar-refractivity contribution in [2.75, 3.05) is 13.1 Å². The van der Waals surface area contributed by atoms with E-state index in [0.717, 1.165) is 24.5 Å². The Hall–Kier alpha value is -0.790. The Labute approximate surface area is 110 Å². The van der Waals surface area contributed by atoms with Crippen LogP contribution in [0.2, 0.25) is 5.02 Å². The minimum Gasteiger partial charge on any atom is -0.316 e. The van der Waals surface area contributed by atoms with Gasteiger partial charge < -0.3 is 5.32 Å². The second-order valence-corrected chi connectivity index (χ2v) is 5.22. The van der Waals surface area contributed by atoms with Crippen molar-refractivity contribution in [1.29, 1.82) is 0 Å². The summed E-state index contributed by atoms with van der Waals surface area (Å²) < 4.78 is 0. The Morgan fingerprint density at radius 1 is 1.41 bits per heavy atom. The van der Waals surface area contributed by atoms with Crippen molar-refractivity contribution in [2.24, 2.45) is 5.92 Å². The highest BCUT2D eigenvalue weighted by Crippen LogP contribution is 2.18. The number of nitrogens with one attached hydrogen (secondary N) is 1. The number of halogens is 1. The Kier molecular flexibility index (Phi) is 6.31. The van der Waals surface area contributed by atoms with E-state index in [2.05, 4.69) is 38.2 Å². The zero-order chi connectivity index (χ0) is 12.7. The van der Waals surface area contributed by atoms with E-state index in [0.29, 0.717) is 5.92 Å². The summed E-state index contributed by atoms with van der Waals surface area (Å²) >= 11 is 5.97. The Morgan fingerprint density at radius 3 is 2.82 bits per heavy atom. The lowest BCUT2D eigenvalue weighted by Crippen LogP contribution is -2.20. The largest absolute Gasteiger partial charge is 0.316 e. The number of hydrogen-bond donors (Lipinski definition) is 1. The van der Waals surface area contributed by atoms with E-state index in [1.54, 1.807) is 0 Å². The van der Waals surface area contributed by atoms with Crippen LogP contribution in [-0.4, -0.2) is 13.1 Å². The molecule has 17 heavy (non-hydrogen) atoms. The van der Waals surface area contributed by atoms with Crippen LogP contribution in [0.25, 0.3) is 5.57 Å². The highest BCUT2D eigenvalue weighted by Gasteiger charge is 1.96. The highest BCUT2D eigenvalue weighted by molar-refractivity contribution is 6.30. The van der Waals surface area contributed by atoms with E-state index in [-0.39, 0.29) is 0 Å². The summed E-state index contributed by atoms with van der Waals surface area (Å²) in [6, 6.07) is 8.00. The molecule has 0 unspecified atom stereocenters. The lowest BCUT2D eigenvalue weighted by Gasteiger charge is -2.06. The van der Waals surface area contributed by atoms with Crippen LogP contribution < -0.4 is 5.32 Å². The molecule has 0 aromatic heterocycles. The Morgan fingerprint density at radius 2 is 2.18 bits per heavy atom. The van der Waals surface area contributed by atoms with Crippen LogP contribution in [0.3, 0.4) is 0 Å². The number of rotatable bonds is 6. The second kappa shape index (κ2) is 7.52. The molecular formula is C15H22ClN. The van der Waals surface area contributed by atoms with Crippen molar-refractivity contribution >= 4 is 17.2 Å². The molecule has 0 amide bonds. The standard InChI is InChI=1S/C15H22ClN/c1-12(2)11-17-9-5-6-13(3)14-7-4-8-15(16)10-14/h4,6-8,10,12,17H,5,9,11H2,1-3H3. The van der Waals surface area contributed by atoms with Crippen LogP contribution in [0, 0.1) is 5.92 Å². The highest BCUT2D eigenvalue weighted by atomic mass is 35.5. The molecule has 2 heteroatoms. The smallest absolute Gasteiger partial charge is 0.0412 e. The predicted molar refractivity (Wildman–Crippen MR) is 77.4 cm³/mol. The second-order valence-electron chi connectivity index (χ2n) is 4.78. The van der Waals surface area contributed by atoms with Gasteiger partial charge in [-0.2, -0.15) is 0 Å². The van der Waals surface area contributed by atoms with Gasteiger partial charge in [-0.25, -0.2) is 0 Å². The molecule has 0 spiro atoms. The third-order valence-electron chi connectivity index (χ3n) is 2.60. The fraction of sp³-hybridized carbons (Fsp3) is 0.467. The van der Waals surface area contributed by atoms with Gasteiger partial charge in [0.05, 0.1) is 0 Å². The molecular weight excluding hydrogens is 230 g/mol. The van der Waals surface area contributed by atoms with Gasteiger partial charge in [0.25, 0.3) is 0 Å². The van der Waals surface area contributed by atoms with Crippen molar-refractivity contribution in [3.63, 3.8) is 0 Å². The molecule has 0 aliphatic heterocycles. The van der Waals surface area contributed by atoms with E-state index in [1.807, 2.05) is 18.2 Å². The summed E-state index contributed by atoms with van der Waals surface area (Å²) in [6.45, 7) is 8.70. The van der Waals surface area contributed by atoms with Gasteiger partial charge in [-0.15, -0.1) is 0 Å². The van der Waals surface area contributed by atoms with Gasteiger partial charge in [-0.1, -0.05) is 43.7 Å². The molecule has 0 bridgehead atoms. The zero-order valence-electron chi connectivity index (χ0n) is 11.0. The first kappa shape index (κ1) is 14.3. The van der Waals surface area contributed by atoms with Gasteiger partial charge in [0.2, 0.25) is 0 Å². The van der Waals surface area contributed by atoms with E-state index >= 15 is 0 Å². The molecule has 1 nitrogen and oxygen atoms in total. The van der Waals surface area contributed by atoms with Crippen LogP contribution in [0.15, 0.2) is 30.3 Å². The summed E-state index contributed by atoms with van der Waals surface area (Å²) in [5.41, 5.74) is 2.50. The first-order valence-electron chi connectivity index (χ1n) is 6.23. The fourth-order valence-electron chi connectivity index (χ4n) is 1.63. The van der Waals surface area contributed by atoms with Gasteiger partial charge in [-0.3, -0.25) is 0 Å². The van der Waals surface area contributed by atoms with Gasteiger partial charge in [0.15, 0.2) is 0 Å². The molecule has 0 saturated carbocycles. The van der Waals surface area contributed by atoms with E-state index in [9.17, 15) is 0 Å². The Bertz CT molecular complexity index is 369. The average Bonchev–Trinajstić information content (AvgIpc) is 2.28. The maximum absolute atomic E-state index is 5.97. The molecule has 0 saturated heterocycles. The van der Waals surface area contributed by atoms with Crippen molar-refractivity contribution in [3.05, 3.63) is 40.9 Å². The van der Waals surface area contributed by atoms with Gasteiger partial charge in [0, 0.05) is 5.02 Å². The SMILES string of the molecule is CC(=CCCNCC(C)C)c1cccc(Cl)c1. The van der Waals surface area contributed by atoms with Crippen LogP contribution in [0.1, 0.15) is 32.8 Å². The minimum atomic E-state index is 0.716. The van der Waals surface area contributed by atoms with Gasteiger partial charge >= 0.3 is 0 Å². The van der Waals surface area contributed by atoms with Crippen molar-refractivity contribution in [3.8, 4) is 0 Å². The number of benzene rings is 1. The summed E-state index contributed by atoms with van der Waals surface area (Å²) in [5.74, 6) is 0.716. The first-order valence-corrected chi connectivity index (χ1v) is 6.61. The topological polar surface area (TPSA) is 12.0 Å². The number of hydrogen-bond acceptors (Lipinski definition) is 1. The summed E-state index contributed by atoms with van der Waals surface area (Å²) in [6.07, 6.45) is 3.32. The van der Waals surface area contributed by atoms with Gasteiger partial charge in [0.1, 0.15) is 0 Å². The molecule has 1 aromatic rings. The monoisotopic (exact) mass is 251 g/mol. The molecule has 0 atom stereocenters. The lowest BCUT2D eigenvalue weighted by atomic mass is 10.1. The molecule has 0 aliphatic carbocycles. The third kappa shape index (κ3) is 5.90. The molecule has 94 valence electrons. The zero-order valence-corrected chi connectivity index (χ0v) is 11.7. The molecule has 0 radical (unpaired) electrons.